The number of hydrogen-bond acceptors (Lipinski definition) is 3. The van der Waals surface area contributed by atoms with Crippen LogP contribution in [-0.2, 0) is 0 Å². The second-order valence-electron chi connectivity index (χ2n) is 4.19. The fourth-order valence-electron chi connectivity index (χ4n) is 1.44. The smallest absolute Gasteiger partial charge is 0.0802 e. The van der Waals surface area contributed by atoms with Crippen LogP contribution in [0.15, 0.2) is 22.7 Å². The molecule has 1 atom stereocenters. The van der Waals surface area contributed by atoms with Crippen molar-refractivity contribution in [3.8, 4) is 0 Å². The topological polar surface area (TPSA) is 58.3 Å². The zero-order valence-corrected chi connectivity index (χ0v) is 11.3. The number of nitrogens with one attached hydrogen (secondary N) is 1. The summed E-state index contributed by atoms with van der Waals surface area (Å²) in [5.74, 6) is 0. The summed E-state index contributed by atoms with van der Waals surface area (Å²) in [6.07, 6.45) is 0.237. The number of anilines is 1. The molecule has 4 N–H and O–H groups in total. The van der Waals surface area contributed by atoms with E-state index in [4.69, 9.17) is 5.73 Å². The average molecular weight is 287 g/mol. The normalized spacial score (nSPS) is 13.1. The summed E-state index contributed by atoms with van der Waals surface area (Å²) in [4.78, 5) is 0. The molecule has 3 nitrogen and oxygen atoms in total. The van der Waals surface area contributed by atoms with Gasteiger partial charge in [-0.25, -0.2) is 0 Å². The summed E-state index contributed by atoms with van der Waals surface area (Å²) in [6, 6.07) is 6.01. The van der Waals surface area contributed by atoms with E-state index in [-0.39, 0.29) is 0 Å². The van der Waals surface area contributed by atoms with Crippen molar-refractivity contribution in [3.63, 3.8) is 0 Å². The van der Waals surface area contributed by atoms with Gasteiger partial charge in [0.05, 0.1) is 6.10 Å². The van der Waals surface area contributed by atoms with Crippen LogP contribution in [0.1, 0.15) is 31.9 Å². The van der Waals surface area contributed by atoms with Crippen molar-refractivity contribution < 1.29 is 5.11 Å². The van der Waals surface area contributed by atoms with Crippen molar-refractivity contribution in [1.29, 1.82) is 0 Å². The predicted octanol–water partition coefficient (Wildman–Crippen LogP) is 2.45. The minimum atomic E-state index is -0.457. The molecule has 0 heterocycles. The summed E-state index contributed by atoms with van der Waals surface area (Å²) in [7, 11) is 0. The van der Waals surface area contributed by atoms with Gasteiger partial charge in [-0.1, -0.05) is 19.9 Å². The minimum Gasteiger partial charge on any atom is -0.398 e. The third kappa shape index (κ3) is 4.12. The van der Waals surface area contributed by atoms with E-state index >= 15 is 0 Å². The molecule has 0 amide bonds. The Morgan fingerprint density at radius 1 is 1.44 bits per heavy atom. The summed E-state index contributed by atoms with van der Waals surface area (Å²) in [6.45, 7) is 4.97. The van der Waals surface area contributed by atoms with Gasteiger partial charge in [-0.15, -0.1) is 0 Å². The molecule has 0 bridgehead atoms. The van der Waals surface area contributed by atoms with Gasteiger partial charge in [-0.3, -0.25) is 0 Å². The van der Waals surface area contributed by atoms with E-state index in [9.17, 15) is 5.11 Å². The van der Waals surface area contributed by atoms with Crippen molar-refractivity contribution in [1.82, 2.24) is 5.32 Å². The SMILES string of the molecule is CC(C)NCCC(O)c1ccc(Br)c(N)c1. The minimum absolute atomic E-state index is 0.446. The number of nitrogen functional groups attached to an aromatic ring is 1. The van der Waals surface area contributed by atoms with Crippen LogP contribution in [0.5, 0.6) is 0 Å². The van der Waals surface area contributed by atoms with Crippen LogP contribution in [0.3, 0.4) is 0 Å². The zero-order valence-electron chi connectivity index (χ0n) is 9.70. The van der Waals surface area contributed by atoms with Crippen molar-refractivity contribution in [2.24, 2.45) is 0 Å². The Balaban J connectivity index is 2.52. The lowest BCUT2D eigenvalue weighted by Crippen LogP contribution is -2.24. The van der Waals surface area contributed by atoms with E-state index in [0.717, 1.165) is 16.6 Å². The molecule has 0 saturated carbocycles. The van der Waals surface area contributed by atoms with Crippen LogP contribution in [0.2, 0.25) is 0 Å². The van der Waals surface area contributed by atoms with Crippen LogP contribution in [-0.4, -0.2) is 17.7 Å². The highest BCUT2D eigenvalue weighted by atomic mass is 79.9. The third-order valence-corrected chi connectivity index (χ3v) is 3.10. The number of aliphatic hydroxyl groups is 1. The molecule has 1 aromatic rings. The maximum absolute atomic E-state index is 9.94. The molecule has 1 unspecified atom stereocenters. The summed E-state index contributed by atoms with van der Waals surface area (Å²) in [5.41, 5.74) is 7.29. The number of nitrogens with two attached hydrogens (primary N) is 1. The van der Waals surface area contributed by atoms with Gasteiger partial charge in [0.2, 0.25) is 0 Å². The van der Waals surface area contributed by atoms with Crippen LogP contribution < -0.4 is 11.1 Å². The Bertz CT molecular complexity index is 342. The summed E-state index contributed by atoms with van der Waals surface area (Å²) < 4.78 is 0.865. The van der Waals surface area contributed by atoms with Gasteiger partial charge in [0.1, 0.15) is 0 Å². The van der Waals surface area contributed by atoms with Gasteiger partial charge < -0.3 is 16.2 Å². The Morgan fingerprint density at radius 3 is 2.69 bits per heavy atom. The van der Waals surface area contributed by atoms with Gasteiger partial charge >= 0.3 is 0 Å². The Hall–Kier alpha value is -0.580. The van der Waals surface area contributed by atoms with E-state index in [1.807, 2.05) is 18.2 Å². The van der Waals surface area contributed by atoms with Crippen LogP contribution in [0, 0.1) is 0 Å². The largest absolute Gasteiger partial charge is 0.398 e. The lowest BCUT2D eigenvalue weighted by Gasteiger charge is -2.14. The molecule has 90 valence electrons. The molecule has 0 radical (unpaired) electrons. The number of hydrogen-bond donors (Lipinski definition) is 3. The van der Waals surface area contributed by atoms with E-state index in [1.54, 1.807) is 0 Å². The number of benzene rings is 1. The first-order valence-electron chi connectivity index (χ1n) is 5.47. The molecular formula is C12H19BrN2O. The van der Waals surface area contributed by atoms with E-state index < -0.39 is 6.10 Å². The van der Waals surface area contributed by atoms with Crippen molar-refractivity contribution >= 4 is 21.6 Å². The van der Waals surface area contributed by atoms with Gasteiger partial charge in [-0.05, 0) is 46.6 Å². The standard InChI is InChI=1S/C12H19BrN2O/c1-8(2)15-6-5-12(16)9-3-4-10(13)11(14)7-9/h3-4,7-8,12,15-16H,5-6,14H2,1-2H3. The van der Waals surface area contributed by atoms with Crippen molar-refractivity contribution in [2.75, 3.05) is 12.3 Å². The highest BCUT2D eigenvalue weighted by Gasteiger charge is 2.08. The van der Waals surface area contributed by atoms with Gasteiger partial charge in [0, 0.05) is 16.2 Å². The monoisotopic (exact) mass is 286 g/mol. The third-order valence-electron chi connectivity index (χ3n) is 2.38. The molecule has 1 rings (SSSR count). The van der Waals surface area contributed by atoms with Crippen molar-refractivity contribution in [3.05, 3.63) is 28.2 Å². The molecular weight excluding hydrogens is 268 g/mol. The molecule has 16 heavy (non-hydrogen) atoms. The quantitative estimate of drug-likeness (QED) is 0.729. The number of halogens is 1. The molecule has 4 heteroatoms. The highest BCUT2D eigenvalue weighted by molar-refractivity contribution is 9.10. The number of aliphatic hydroxyl groups excluding tert-OH is 1. The Kier molecular flexibility index (Phi) is 5.25. The second-order valence-corrected chi connectivity index (χ2v) is 5.05. The molecule has 0 aliphatic carbocycles. The Labute approximate surface area is 105 Å². The van der Waals surface area contributed by atoms with Crippen LogP contribution >= 0.6 is 15.9 Å². The Morgan fingerprint density at radius 2 is 2.12 bits per heavy atom. The maximum atomic E-state index is 9.94. The molecule has 0 aromatic heterocycles. The maximum Gasteiger partial charge on any atom is 0.0802 e. The molecule has 0 aliphatic rings. The van der Waals surface area contributed by atoms with Gasteiger partial charge in [-0.2, -0.15) is 0 Å². The van der Waals surface area contributed by atoms with Crippen LogP contribution in [0.4, 0.5) is 5.69 Å². The fraction of sp³-hybridized carbons (Fsp3) is 0.500. The molecule has 1 aromatic carbocycles. The van der Waals surface area contributed by atoms with E-state index in [1.165, 1.54) is 0 Å². The van der Waals surface area contributed by atoms with Gasteiger partial charge in [0.15, 0.2) is 0 Å². The zero-order chi connectivity index (χ0) is 12.1. The van der Waals surface area contributed by atoms with Crippen LogP contribution in [0.25, 0.3) is 0 Å². The van der Waals surface area contributed by atoms with Crippen molar-refractivity contribution in [2.45, 2.75) is 32.4 Å². The first kappa shape index (κ1) is 13.5. The predicted molar refractivity (Wildman–Crippen MR) is 71.3 cm³/mol. The first-order chi connectivity index (χ1) is 7.50. The average Bonchev–Trinajstić information content (AvgIpc) is 2.21. The first-order valence-corrected chi connectivity index (χ1v) is 6.26. The summed E-state index contributed by atoms with van der Waals surface area (Å²) in [5, 5.41) is 13.2. The fourth-order valence-corrected chi connectivity index (χ4v) is 1.69. The van der Waals surface area contributed by atoms with Gasteiger partial charge in [0.25, 0.3) is 0 Å². The second kappa shape index (κ2) is 6.23. The molecule has 0 saturated heterocycles. The number of rotatable bonds is 5. The van der Waals surface area contributed by atoms with E-state index in [2.05, 4.69) is 35.1 Å². The van der Waals surface area contributed by atoms with E-state index in [0.29, 0.717) is 18.2 Å². The molecule has 0 aliphatic heterocycles. The molecule has 0 fully saturated rings. The lowest BCUT2D eigenvalue weighted by molar-refractivity contribution is 0.166. The summed E-state index contributed by atoms with van der Waals surface area (Å²) >= 11 is 3.33. The lowest BCUT2D eigenvalue weighted by atomic mass is 10.1. The highest BCUT2D eigenvalue weighted by Crippen LogP contribution is 2.24. The molecule has 0 spiro atoms.